The van der Waals surface area contributed by atoms with E-state index in [4.69, 9.17) is 5.26 Å². The number of nitrogens with one attached hydrogen (secondary N) is 1. The lowest BCUT2D eigenvalue weighted by Gasteiger charge is -2.33. The molecular formula is C14H26N2. The van der Waals surface area contributed by atoms with Crippen LogP contribution in [0.1, 0.15) is 53.4 Å². The van der Waals surface area contributed by atoms with Crippen LogP contribution in [0.25, 0.3) is 0 Å². The Morgan fingerprint density at radius 3 is 2.56 bits per heavy atom. The fourth-order valence-corrected chi connectivity index (χ4v) is 2.59. The molecule has 3 atom stereocenters. The van der Waals surface area contributed by atoms with Gasteiger partial charge in [-0.1, -0.05) is 13.8 Å². The van der Waals surface area contributed by atoms with Gasteiger partial charge >= 0.3 is 0 Å². The minimum Gasteiger partial charge on any atom is -0.314 e. The maximum atomic E-state index is 8.94. The second kappa shape index (κ2) is 5.68. The molecule has 2 heteroatoms. The summed E-state index contributed by atoms with van der Waals surface area (Å²) in [6, 6.07) is 3.03. The Morgan fingerprint density at radius 2 is 2.00 bits per heavy atom. The Kier molecular flexibility index (Phi) is 4.80. The zero-order valence-corrected chi connectivity index (χ0v) is 11.2. The molecule has 2 nitrogen and oxygen atoms in total. The molecule has 0 heterocycles. The van der Waals surface area contributed by atoms with Crippen molar-refractivity contribution >= 4 is 0 Å². The summed E-state index contributed by atoms with van der Waals surface area (Å²) >= 11 is 0. The number of nitrogens with zero attached hydrogens (tertiary/aromatic N) is 1. The standard InChI is InChI=1S/C14H26N2/c1-11-5-6-13(12(2)9-11)16-8-7-14(3,4)10-15/h11-13,16H,5-9H2,1-4H3. The topological polar surface area (TPSA) is 35.8 Å². The molecule has 0 aromatic heterocycles. The van der Waals surface area contributed by atoms with Gasteiger partial charge in [-0.05, 0) is 57.9 Å². The van der Waals surface area contributed by atoms with Gasteiger partial charge in [-0.2, -0.15) is 5.26 Å². The van der Waals surface area contributed by atoms with E-state index in [1.165, 1.54) is 19.3 Å². The summed E-state index contributed by atoms with van der Waals surface area (Å²) in [4.78, 5) is 0. The molecular weight excluding hydrogens is 196 g/mol. The van der Waals surface area contributed by atoms with Gasteiger partial charge in [0.05, 0.1) is 11.5 Å². The van der Waals surface area contributed by atoms with E-state index in [0.717, 1.165) is 24.8 Å². The van der Waals surface area contributed by atoms with Gasteiger partial charge in [-0.3, -0.25) is 0 Å². The lowest BCUT2D eigenvalue weighted by Crippen LogP contribution is -2.40. The van der Waals surface area contributed by atoms with E-state index in [0.29, 0.717) is 6.04 Å². The van der Waals surface area contributed by atoms with Crippen LogP contribution in [-0.2, 0) is 0 Å². The average Bonchev–Trinajstić information content (AvgIpc) is 2.21. The van der Waals surface area contributed by atoms with Crippen LogP contribution in [0.15, 0.2) is 0 Å². The van der Waals surface area contributed by atoms with Crippen LogP contribution in [0, 0.1) is 28.6 Å². The van der Waals surface area contributed by atoms with Crippen LogP contribution < -0.4 is 5.32 Å². The average molecular weight is 222 g/mol. The first-order valence-corrected chi connectivity index (χ1v) is 6.59. The Balaban J connectivity index is 2.26. The zero-order chi connectivity index (χ0) is 12.2. The first-order valence-electron chi connectivity index (χ1n) is 6.59. The molecule has 0 saturated heterocycles. The van der Waals surface area contributed by atoms with Crippen LogP contribution >= 0.6 is 0 Å². The van der Waals surface area contributed by atoms with E-state index >= 15 is 0 Å². The fourth-order valence-electron chi connectivity index (χ4n) is 2.59. The molecule has 1 fully saturated rings. The van der Waals surface area contributed by atoms with Gasteiger partial charge in [0.25, 0.3) is 0 Å². The van der Waals surface area contributed by atoms with Gasteiger partial charge < -0.3 is 5.32 Å². The second-order valence-electron chi connectivity index (χ2n) is 6.20. The van der Waals surface area contributed by atoms with Crippen molar-refractivity contribution in [3.05, 3.63) is 0 Å². The second-order valence-corrected chi connectivity index (χ2v) is 6.20. The van der Waals surface area contributed by atoms with Crippen molar-refractivity contribution in [3.63, 3.8) is 0 Å². The van der Waals surface area contributed by atoms with Crippen molar-refractivity contribution < 1.29 is 0 Å². The lowest BCUT2D eigenvalue weighted by atomic mass is 9.79. The van der Waals surface area contributed by atoms with E-state index < -0.39 is 0 Å². The van der Waals surface area contributed by atoms with Crippen LogP contribution in [0.5, 0.6) is 0 Å². The molecule has 0 aliphatic heterocycles. The maximum Gasteiger partial charge on any atom is 0.0684 e. The molecule has 3 unspecified atom stereocenters. The Bertz CT molecular complexity index is 252. The normalized spacial score (nSPS) is 31.1. The number of hydrogen-bond acceptors (Lipinski definition) is 2. The van der Waals surface area contributed by atoms with Crippen LogP contribution in [0.4, 0.5) is 0 Å². The van der Waals surface area contributed by atoms with E-state index in [-0.39, 0.29) is 5.41 Å². The SMILES string of the molecule is CC1CCC(NCCC(C)(C)C#N)C(C)C1. The molecule has 0 amide bonds. The van der Waals surface area contributed by atoms with Gasteiger partial charge in [-0.25, -0.2) is 0 Å². The molecule has 0 bridgehead atoms. The maximum absolute atomic E-state index is 8.94. The van der Waals surface area contributed by atoms with Gasteiger partial charge in [0.2, 0.25) is 0 Å². The number of nitriles is 1. The van der Waals surface area contributed by atoms with Crippen molar-refractivity contribution in [3.8, 4) is 6.07 Å². The van der Waals surface area contributed by atoms with Crippen LogP contribution in [0.3, 0.4) is 0 Å². The summed E-state index contributed by atoms with van der Waals surface area (Å²) in [5.41, 5.74) is -0.182. The summed E-state index contributed by atoms with van der Waals surface area (Å²) in [6.45, 7) is 9.71. The van der Waals surface area contributed by atoms with Crippen molar-refractivity contribution in [2.24, 2.45) is 17.3 Å². The van der Waals surface area contributed by atoms with E-state index in [2.05, 4.69) is 25.2 Å². The lowest BCUT2D eigenvalue weighted by molar-refractivity contribution is 0.223. The van der Waals surface area contributed by atoms with Gasteiger partial charge in [0.15, 0.2) is 0 Å². The van der Waals surface area contributed by atoms with Gasteiger partial charge in [-0.15, -0.1) is 0 Å². The quantitative estimate of drug-likeness (QED) is 0.792. The summed E-state index contributed by atoms with van der Waals surface area (Å²) < 4.78 is 0. The van der Waals surface area contributed by atoms with Crippen molar-refractivity contribution in [1.29, 1.82) is 5.26 Å². The number of hydrogen-bond donors (Lipinski definition) is 1. The fraction of sp³-hybridized carbons (Fsp3) is 0.929. The monoisotopic (exact) mass is 222 g/mol. The minimum atomic E-state index is -0.182. The highest BCUT2D eigenvalue weighted by molar-refractivity contribution is 4.92. The molecule has 1 N–H and O–H groups in total. The van der Waals surface area contributed by atoms with Crippen molar-refractivity contribution in [1.82, 2.24) is 5.32 Å². The molecule has 0 aromatic carbocycles. The molecule has 1 aliphatic carbocycles. The highest BCUT2D eigenvalue weighted by Crippen LogP contribution is 2.28. The molecule has 1 saturated carbocycles. The Hall–Kier alpha value is -0.550. The largest absolute Gasteiger partial charge is 0.314 e. The van der Waals surface area contributed by atoms with Crippen LogP contribution in [0.2, 0.25) is 0 Å². The molecule has 0 spiro atoms. The highest BCUT2D eigenvalue weighted by Gasteiger charge is 2.25. The van der Waals surface area contributed by atoms with E-state index in [1.807, 2.05) is 13.8 Å². The smallest absolute Gasteiger partial charge is 0.0684 e. The summed E-state index contributed by atoms with van der Waals surface area (Å²) in [7, 11) is 0. The first kappa shape index (κ1) is 13.5. The molecule has 92 valence electrons. The summed E-state index contributed by atoms with van der Waals surface area (Å²) in [5, 5.41) is 12.6. The molecule has 1 rings (SSSR count). The molecule has 0 radical (unpaired) electrons. The number of rotatable bonds is 4. The summed E-state index contributed by atoms with van der Waals surface area (Å²) in [5.74, 6) is 1.68. The Labute approximate surface area is 100 Å². The first-order chi connectivity index (χ1) is 7.44. The minimum absolute atomic E-state index is 0.182. The summed E-state index contributed by atoms with van der Waals surface area (Å²) in [6.07, 6.45) is 4.94. The van der Waals surface area contributed by atoms with Crippen molar-refractivity contribution in [2.45, 2.75) is 59.4 Å². The van der Waals surface area contributed by atoms with Crippen molar-refractivity contribution in [2.75, 3.05) is 6.54 Å². The van der Waals surface area contributed by atoms with Gasteiger partial charge in [0.1, 0.15) is 0 Å². The Morgan fingerprint density at radius 1 is 1.31 bits per heavy atom. The molecule has 16 heavy (non-hydrogen) atoms. The predicted molar refractivity (Wildman–Crippen MR) is 68.0 cm³/mol. The third kappa shape index (κ3) is 4.14. The van der Waals surface area contributed by atoms with E-state index in [9.17, 15) is 0 Å². The zero-order valence-electron chi connectivity index (χ0n) is 11.2. The van der Waals surface area contributed by atoms with Gasteiger partial charge in [0, 0.05) is 6.04 Å². The molecule has 0 aromatic rings. The van der Waals surface area contributed by atoms with Crippen LogP contribution in [-0.4, -0.2) is 12.6 Å². The third-order valence-electron chi connectivity index (χ3n) is 3.89. The van der Waals surface area contributed by atoms with E-state index in [1.54, 1.807) is 0 Å². The molecule has 1 aliphatic rings. The third-order valence-corrected chi connectivity index (χ3v) is 3.89. The predicted octanol–water partition coefficient (Wildman–Crippen LogP) is 3.34. The highest BCUT2D eigenvalue weighted by atomic mass is 14.9.